The molecule has 0 aliphatic carbocycles. The van der Waals surface area contributed by atoms with E-state index in [1.807, 2.05) is 24.3 Å². The predicted octanol–water partition coefficient (Wildman–Crippen LogP) is 4.31. The van der Waals surface area contributed by atoms with Crippen LogP contribution in [0.3, 0.4) is 0 Å². The Bertz CT molecular complexity index is 568. The molecule has 0 heterocycles. The molecule has 3 heteroatoms. The molecule has 2 aromatic rings. The molecule has 0 aliphatic heterocycles. The van der Waals surface area contributed by atoms with Gasteiger partial charge in [-0.05, 0) is 37.6 Å². The Morgan fingerprint density at radius 2 is 1.76 bits per heavy atom. The molecule has 2 aromatic carbocycles. The van der Waals surface area contributed by atoms with Crippen molar-refractivity contribution in [1.82, 2.24) is 4.90 Å². The molecule has 0 bridgehead atoms. The second-order valence-corrected chi connectivity index (χ2v) is 6.40. The summed E-state index contributed by atoms with van der Waals surface area (Å²) in [6.45, 7) is 3.86. The van der Waals surface area contributed by atoms with Gasteiger partial charge in [0.25, 0.3) is 0 Å². The van der Waals surface area contributed by atoms with Crippen molar-refractivity contribution in [1.29, 1.82) is 0 Å². The minimum absolute atomic E-state index is 0.430. The summed E-state index contributed by atoms with van der Waals surface area (Å²) >= 11 is 3.49. The predicted molar refractivity (Wildman–Crippen MR) is 91.2 cm³/mol. The molecular formula is C18H22BrNO. The molecule has 0 spiro atoms. The number of aliphatic hydroxyl groups is 1. The Morgan fingerprint density at radius 1 is 1.10 bits per heavy atom. The fourth-order valence-electron chi connectivity index (χ4n) is 2.33. The van der Waals surface area contributed by atoms with E-state index in [2.05, 4.69) is 59.1 Å². The number of rotatable bonds is 6. The van der Waals surface area contributed by atoms with Crippen LogP contribution in [0.5, 0.6) is 0 Å². The van der Waals surface area contributed by atoms with E-state index >= 15 is 0 Å². The zero-order chi connectivity index (χ0) is 15.2. The molecule has 0 fully saturated rings. The highest BCUT2D eigenvalue weighted by Crippen LogP contribution is 2.25. The lowest BCUT2D eigenvalue weighted by molar-refractivity contribution is 0.147. The zero-order valence-electron chi connectivity index (χ0n) is 12.6. The van der Waals surface area contributed by atoms with Crippen molar-refractivity contribution in [3.63, 3.8) is 0 Å². The van der Waals surface area contributed by atoms with Gasteiger partial charge < -0.3 is 10.0 Å². The average Bonchev–Trinajstić information content (AvgIpc) is 2.48. The lowest BCUT2D eigenvalue weighted by Crippen LogP contribution is -2.21. The van der Waals surface area contributed by atoms with Crippen LogP contribution >= 0.6 is 15.9 Å². The zero-order valence-corrected chi connectivity index (χ0v) is 14.2. The molecular weight excluding hydrogens is 326 g/mol. The van der Waals surface area contributed by atoms with E-state index in [1.165, 1.54) is 11.1 Å². The van der Waals surface area contributed by atoms with Gasteiger partial charge >= 0.3 is 0 Å². The van der Waals surface area contributed by atoms with Crippen LogP contribution in [-0.4, -0.2) is 23.6 Å². The molecule has 0 aromatic heterocycles. The van der Waals surface area contributed by atoms with Gasteiger partial charge in [-0.15, -0.1) is 0 Å². The summed E-state index contributed by atoms with van der Waals surface area (Å²) in [5.74, 6) is 0. The second kappa shape index (κ2) is 7.74. The smallest absolute Gasteiger partial charge is 0.0813 e. The van der Waals surface area contributed by atoms with Gasteiger partial charge in [-0.3, -0.25) is 0 Å². The molecule has 21 heavy (non-hydrogen) atoms. The van der Waals surface area contributed by atoms with Gasteiger partial charge in [0.05, 0.1) is 6.10 Å². The monoisotopic (exact) mass is 347 g/mol. The Morgan fingerprint density at radius 3 is 2.43 bits per heavy atom. The summed E-state index contributed by atoms with van der Waals surface area (Å²) in [7, 11) is 2.09. The summed E-state index contributed by atoms with van der Waals surface area (Å²) in [4.78, 5) is 2.24. The first kappa shape index (κ1) is 16.2. The summed E-state index contributed by atoms with van der Waals surface area (Å²) < 4.78 is 0.971. The lowest BCUT2D eigenvalue weighted by Gasteiger charge is -2.20. The third kappa shape index (κ3) is 4.95. The molecule has 2 nitrogen and oxygen atoms in total. The molecule has 2 rings (SSSR count). The van der Waals surface area contributed by atoms with Crippen molar-refractivity contribution in [3.8, 4) is 0 Å². The van der Waals surface area contributed by atoms with Gasteiger partial charge in [-0.25, -0.2) is 0 Å². The van der Waals surface area contributed by atoms with Gasteiger partial charge in [0.1, 0.15) is 0 Å². The quantitative estimate of drug-likeness (QED) is 0.841. The minimum atomic E-state index is -0.430. The third-order valence-corrected chi connectivity index (χ3v) is 4.34. The van der Waals surface area contributed by atoms with E-state index in [4.69, 9.17) is 0 Å². The number of aryl methyl sites for hydroxylation is 1. The second-order valence-electron chi connectivity index (χ2n) is 5.55. The SMILES string of the molecule is Cc1ccc(CN(C)CCC(O)c2ccccc2Br)cc1. The van der Waals surface area contributed by atoms with Crippen molar-refractivity contribution in [2.24, 2.45) is 0 Å². The molecule has 0 amide bonds. The van der Waals surface area contributed by atoms with Crippen LogP contribution in [0.25, 0.3) is 0 Å². The maximum Gasteiger partial charge on any atom is 0.0813 e. The van der Waals surface area contributed by atoms with E-state index in [0.29, 0.717) is 0 Å². The maximum absolute atomic E-state index is 10.3. The van der Waals surface area contributed by atoms with Crippen LogP contribution in [0, 0.1) is 6.92 Å². The Labute approximate surface area is 135 Å². The number of benzene rings is 2. The Balaban J connectivity index is 1.85. The summed E-state index contributed by atoms with van der Waals surface area (Å²) in [5.41, 5.74) is 3.55. The van der Waals surface area contributed by atoms with Crippen LogP contribution < -0.4 is 0 Å². The standard InChI is InChI=1S/C18H22BrNO/c1-14-7-9-15(10-8-14)13-20(2)12-11-18(21)16-5-3-4-6-17(16)19/h3-10,18,21H,11-13H2,1-2H3. The number of halogens is 1. The van der Waals surface area contributed by atoms with Crippen molar-refractivity contribution >= 4 is 15.9 Å². The van der Waals surface area contributed by atoms with Gasteiger partial charge in [0.15, 0.2) is 0 Å². The Kier molecular flexibility index (Phi) is 5.97. The number of aliphatic hydroxyl groups excluding tert-OH is 1. The van der Waals surface area contributed by atoms with Crippen LogP contribution in [0.4, 0.5) is 0 Å². The van der Waals surface area contributed by atoms with Crippen molar-refractivity contribution in [3.05, 3.63) is 69.7 Å². The average molecular weight is 348 g/mol. The minimum Gasteiger partial charge on any atom is -0.388 e. The lowest BCUT2D eigenvalue weighted by atomic mass is 10.1. The van der Waals surface area contributed by atoms with Gasteiger partial charge in [0.2, 0.25) is 0 Å². The summed E-state index contributed by atoms with van der Waals surface area (Å²) in [5, 5.41) is 10.3. The fourth-order valence-corrected chi connectivity index (χ4v) is 2.88. The van der Waals surface area contributed by atoms with E-state index in [0.717, 1.165) is 29.5 Å². The van der Waals surface area contributed by atoms with E-state index in [1.54, 1.807) is 0 Å². The van der Waals surface area contributed by atoms with E-state index < -0.39 is 6.10 Å². The normalized spacial score (nSPS) is 12.6. The third-order valence-electron chi connectivity index (χ3n) is 3.62. The number of hydrogen-bond donors (Lipinski definition) is 1. The Hall–Kier alpha value is -1.16. The first-order valence-electron chi connectivity index (χ1n) is 7.23. The van der Waals surface area contributed by atoms with Crippen LogP contribution in [0.1, 0.15) is 29.2 Å². The van der Waals surface area contributed by atoms with E-state index in [9.17, 15) is 5.11 Å². The van der Waals surface area contributed by atoms with Gasteiger partial charge in [-0.1, -0.05) is 64.0 Å². The summed E-state index contributed by atoms with van der Waals surface area (Å²) in [6, 6.07) is 16.5. The van der Waals surface area contributed by atoms with Crippen molar-refractivity contribution < 1.29 is 5.11 Å². The maximum atomic E-state index is 10.3. The first-order chi connectivity index (χ1) is 10.1. The molecule has 0 saturated carbocycles. The first-order valence-corrected chi connectivity index (χ1v) is 8.02. The number of hydrogen-bond acceptors (Lipinski definition) is 2. The molecule has 0 aliphatic rings. The number of nitrogens with zero attached hydrogens (tertiary/aromatic N) is 1. The molecule has 112 valence electrons. The van der Waals surface area contributed by atoms with Gasteiger partial charge in [0, 0.05) is 17.6 Å². The molecule has 1 atom stereocenters. The van der Waals surface area contributed by atoms with E-state index in [-0.39, 0.29) is 0 Å². The van der Waals surface area contributed by atoms with Crippen LogP contribution in [0.2, 0.25) is 0 Å². The highest BCUT2D eigenvalue weighted by Gasteiger charge is 2.11. The molecule has 0 saturated heterocycles. The molecule has 1 unspecified atom stereocenters. The molecule has 0 radical (unpaired) electrons. The van der Waals surface area contributed by atoms with Crippen LogP contribution in [0.15, 0.2) is 53.0 Å². The fraction of sp³-hybridized carbons (Fsp3) is 0.333. The molecule has 1 N–H and O–H groups in total. The van der Waals surface area contributed by atoms with Crippen molar-refractivity contribution in [2.75, 3.05) is 13.6 Å². The van der Waals surface area contributed by atoms with Crippen molar-refractivity contribution in [2.45, 2.75) is 26.0 Å². The topological polar surface area (TPSA) is 23.5 Å². The van der Waals surface area contributed by atoms with Gasteiger partial charge in [-0.2, -0.15) is 0 Å². The highest BCUT2D eigenvalue weighted by atomic mass is 79.9. The van der Waals surface area contributed by atoms with Crippen LogP contribution in [-0.2, 0) is 6.54 Å². The largest absolute Gasteiger partial charge is 0.388 e. The summed E-state index contributed by atoms with van der Waals surface area (Å²) in [6.07, 6.45) is 0.298. The highest BCUT2D eigenvalue weighted by molar-refractivity contribution is 9.10.